The second kappa shape index (κ2) is 10.2. The highest BCUT2D eigenvalue weighted by molar-refractivity contribution is 7.18. The fourth-order valence-electron chi connectivity index (χ4n) is 4.22. The molecule has 1 aliphatic heterocycles. The van der Waals surface area contributed by atoms with Crippen molar-refractivity contribution in [2.75, 3.05) is 13.1 Å². The van der Waals surface area contributed by atoms with Crippen molar-refractivity contribution in [1.29, 1.82) is 5.26 Å². The van der Waals surface area contributed by atoms with Crippen LogP contribution in [0, 0.1) is 18.3 Å². The number of benzene rings is 1. The molecular formula is C26H26N6OS. The summed E-state index contributed by atoms with van der Waals surface area (Å²) in [4.78, 5) is 20.2. The van der Waals surface area contributed by atoms with Crippen LogP contribution in [0.3, 0.4) is 0 Å². The first-order chi connectivity index (χ1) is 16.7. The Morgan fingerprint density at radius 3 is 2.53 bits per heavy atom. The summed E-state index contributed by atoms with van der Waals surface area (Å²) in [5.41, 5.74) is 4.64. The second-order valence-electron chi connectivity index (χ2n) is 8.56. The van der Waals surface area contributed by atoms with Crippen molar-refractivity contribution in [3.05, 3.63) is 76.3 Å². The lowest BCUT2D eigenvalue weighted by Crippen LogP contribution is -2.29. The van der Waals surface area contributed by atoms with E-state index in [4.69, 9.17) is 4.74 Å². The van der Waals surface area contributed by atoms with Crippen molar-refractivity contribution < 1.29 is 4.74 Å². The molecule has 1 saturated heterocycles. The number of aryl methyl sites for hydroxylation is 1. The minimum absolute atomic E-state index is 0.258. The Balaban J connectivity index is 1.25. The van der Waals surface area contributed by atoms with E-state index in [9.17, 15) is 5.26 Å². The van der Waals surface area contributed by atoms with Crippen molar-refractivity contribution in [1.82, 2.24) is 24.8 Å². The Kier molecular flexibility index (Phi) is 6.74. The van der Waals surface area contributed by atoms with Gasteiger partial charge in [0.15, 0.2) is 0 Å². The van der Waals surface area contributed by atoms with Crippen molar-refractivity contribution in [2.24, 2.45) is 0 Å². The van der Waals surface area contributed by atoms with Gasteiger partial charge in [0.2, 0.25) is 0 Å². The Morgan fingerprint density at radius 1 is 1.00 bits per heavy atom. The van der Waals surface area contributed by atoms with Crippen LogP contribution >= 0.6 is 11.3 Å². The smallest absolute Gasteiger partial charge is 0.316 e. The van der Waals surface area contributed by atoms with Gasteiger partial charge in [-0.2, -0.15) is 10.2 Å². The molecule has 172 valence electrons. The molecule has 1 aliphatic rings. The zero-order valence-corrected chi connectivity index (χ0v) is 20.0. The molecule has 5 rings (SSSR count). The fraction of sp³-hybridized carbons (Fsp3) is 0.346. The first kappa shape index (κ1) is 22.4. The molecule has 1 unspecified atom stereocenters. The number of likely N-dealkylation sites (tertiary alicyclic amines) is 1. The number of piperidine rings is 1. The van der Waals surface area contributed by atoms with Gasteiger partial charge in [-0.3, -0.25) is 9.88 Å². The van der Waals surface area contributed by atoms with Crippen LogP contribution in [0.25, 0.3) is 10.2 Å². The van der Waals surface area contributed by atoms with E-state index in [1.54, 1.807) is 18.5 Å². The molecule has 0 amide bonds. The second-order valence-corrected chi connectivity index (χ2v) is 9.63. The Labute approximate surface area is 203 Å². The van der Waals surface area contributed by atoms with Gasteiger partial charge in [-0.25, -0.2) is 9.97 Å². The molecule has 0 saturated carbocycles. The molecule has 0 aliphatic carbocycles. The van der Waals surface area contributed by atoms with Crippen LogP contribution in [0.1, 0.15) is 52.7 Å². The predicted molar refractivity (Wildman–Crippen MR) is 132 cm³/mol. The number of rotatable bonds is 7. The van der Waals surface area contributed by atoms with Crippen LogP contribution < -0.4 is 4.74 Å². The van der Waals surface area contributed by atoms with Crippen LogP contribution in [0.5, 0.6) is 6.01 Å². The maximum absolute atomic E-state index is 9.87. The Hall–Kier alpha value is -3.41. The molecule has 0 radical (unpaired) electrons. The summed E-state index contributed by atoms with van der Waals surface area (Å²) < 4.78 is 6.87. The molecule has 4 aromatic rings. The van der Waals surface area contributed by atoms with E-state index in [1.807, 2.05) is 13.0 Å². The van der Waals surface area contributed by atoms with Crippen molar-refractivity contribution >= 4 is 21.6 Å². The maximum atomic E-state index is 9.87. The molecule has 1 atom stereocenters. The first-order valence-electron chi connectivity index (χ1n) is 11.6. The van der Waals surface area contributed by atoms with Gasteiger partial charge in [-0.1, -0.05) is 30.7 Å². The number of hydrogen-bond acceptors (Lipinski definition) is 8. The van der Waals surface area contributed by atoms with E-state index in [1.165, 1.54) is 49.3 Å². The Bertz CT molecular complexity index is 1310. The molecule has 7 nitrogen and oxygen atoms in total. The highest BCUT2D eigenvalue weighted by Crippen LogP contribution is 2.31. The van der Waals surface area contributed by atoms with Crippen LogP contribution in [0.2, 0.25) is 0 Å². The monoisotopic (exact) mass is 470 g/mol. The number of nitriles is 1. The van der Waals surface area contributed by atoms with Crippen molar-refractivity contribution in [3.63, 3.8) is 0 Å². The summed E-state index contributed by atoms with van der Waals surface area (Å²) in [6, 6.07) is 14.8. The van der Waals surface area contributed by atoms with E-state index < -0.39 is 5.92 Å². The number of ether oxygens (including phenoxy) is 1. The molecule has 0 spiro atoms. The Morgan fingerprint density at radius 2 is 1.76 bits per heavy atom. The third-order valence-corrected chi connectivity index (χ3v) is 7.16. The van der Waals surface area contributed by atoms with Gasteiger partial charge >= 0.3 is 6.01 Å². The van der Waals surface area contributed by atoms with E-state index >= 15 is 0 Å². The molecule has 34 heavy (non-hydrogen) atoms. The van der Waals surface area contributed by atoms with E-state index in [2.05, 4.69) is 55.2 Å². The number of pyridine rings is 1. The molecule has 3 aromatic heterocycles. The third-order valence-electron chi connectivity index (χ3n) is 6.08. The quantitative estimate of drug-likeness (QED) is 0.375. The summed E-state index contributed by atoms with van der Waals surface area (Å²) in [6.45, 7) is 5.68. The highest BCUT2D eigenvalue weighted by atomic mass is 32.1. The van der Waals surface area contributed by atoms with Crippen molar-refractivity contribution in [2.45, 2.75) is 45.3 Å². The third kappa shape index (κ3) is 5.06. The number of nitrogens with zero attached hydrogens (tertiary/aromatic N) is 6. The zero-order chi connectivity index (χ0) is 23.3. The van der Waals surface area contributed by atoms with Gasteiger partial charge in [-0.15, -0.1) is 11.3 Å². The summed E-state index contributed by atoms with van der Waals surface area (Å²) in [5, 5.41) is 10.6. The number of thiazole rings is 1. The average molecular weight is 471 g/mol. The van der Waals surface area contributed by atoms with E-state index in [0.29, 0.717) is 17.3 Å². The lowest BCUT2D eigenvalue weighted by Gasteiger charge is -2.26. The summed E-state index contributed by atoms with van der Waals surface area (Å²) in [6.07, 6.45) is 7.34. The summed E-state index contributed by atoms with van der Waals surface area (Å²) in [5.74, 6) is -0.587. The lowest BCUT2D eigenvalue weighted by atomic mass is 10.1. The largest absolute Gasteiger partial charge is 0.459 e. The molecule has 0 bridgehead atoms. The standard InChI is InChI=1S/C26H26N6OS/c1-18-24-23(10-12-28-18)34-25(31-24)21(15-27)22-9-11-29-26(30-22)33-17-20-7-5-19(6-8-20)16-32-13-3-2-4-14-32/h5-12,21H,2-4,13-14,16-17H2,1H3. The lowest BCUT2D eigenvalue weighted by molar-refractivity contribution is 0.221. The minimum atomic E-state index is -0.587. The van der Waals surface area contributed by atoms with Crippen molar-refractivity contribution in [3.8, 4) is 12.1 Å². The molecule has 4 heterocycles. The van der Waals surface area contributed by atoms with E-state index in [-0.39, 0.29) is 6.01 Å². The van der Waals surface area contributed by atoms with Gasteiger partial charge in [0, 0.05) is 18.9 Å². The summed E-state index contributed by atoms with van der Waals surface area (Å²) >= 11 is 1.49. The van der Waals surface area contributed by atoms with Crippen LogP contribution in [-0.2, 0) is 13.2 Å². The van der Waals surface area contributed by atoms with Gasteiger partial charge in [-0.05, 0) is 56.1 Å². The zero-order valence-electron chi connectivity index (χ0n) is 19.1. The molecule has 1 aromatic carbocycles. The molecule has 1 fully saturated rings. The molecule has 8 heteroatoms. The number of hydrogen-bond donors (Lipinski definition) is 0. The van der Waals surface area contributed by atoms with E-state index in [0.717, 1.165) is 28.0 Å². The first-order valence-corrected chi connectivity index (χ1v) is 12.4. The van der Waals surface area contributed by atoms with Gasteiger partial charge < -0.3 is 4.74 Å². The molecule has 0 N–H and O–H groups in total. The van der Waals surface area contributed by atoms with Crippen LogP contribution in [0.4, 0.5) is 0 Å². The van der Waals surface area contributed by atoms with Crippen LogP contribution in [-0.4, -0.2) is 37.9 Å². The SMILES string of the molecule is Cc1nccc2sc(C(C#N)c3ccnc(OCc4ccc(CN5CCCCC5)cc4)n3)nc12. The normalized spacial score (nSPS) is 15.2. The maximum Gasteiger partial charge on any atom is 0.316 e. The van der Waals surface area contributed by atoms with Crippen LogP contribution in [0.15, 0.2) is 48.8 Å². The minimum Gasteiger partial charge on any atom is -0.459 e. The predicted octanol–water partition coefficient (Wildman–Crippen LogP) is 5.01. The average Bonchev–Trinajstić information content (AvgIpc) is 3.30. The fourth-order valence-corrected chi connectivity index (χ4v) is 5.29. The van der Waals surface area contributed by atoms with Gasteiger partial charge in [0.25, 0.3) is 0 Å². The topological polar surface area (TPSA) is 87.8 Å². The number of aromatic nitrogens is 4. The van der Waals surface area contributed by atoms with Gasteiger partial charge in [0.05, 0.1) is 22.2 Å². The summed E-state index contributed by atoms with van der Waals surface area (Å²) in [7, 11) is 0. The highest BCUT2D eigenvalue weighted by Gasteiger charge is 2.21. The molecular weight excluding hydrogens is 444 g/mol. The number of fused-ring (bicyclic) bond motifs is 1. The van der Waals surface area contributed by atoms with Gasteiger partial charge in [0.1, 0.15) is 23.0 Å².